The molecule has 50 valence electrons. The number of carbonyl (C=O) groups excluding carboxylic acids is 1. The summed E-state index contributed by atoms with van der Waals surface area (Å²) in [5, 5.41) is -0.382. The Bertz CT molecular complexity index is 91.7. The fraction of sp³-hybridized carbons (Fsp3) is 0.800. The van der Waals surface area contributed by atoms with Gasteiger partial charge in [-0.3, -0.25) is 4.79 Å². The zero-order chi connectivity index (χ0) is 6.57. The number of ketones is 1. The van der Waals surface area contributed by atoms with Crippen LogP contribution in [0.3, 0.4) is 0 Å². The minimum atomic E-state index is -0.382. The first kappa shape index (κ1) is 13.5. The van der Waals surface area contributed by atoms with E-state index in [1.54, 1.807) is 0 Å². The molecule has 0 heterocycles. The summed E-state index contributed by atoms with van der Waals surface area (Å²) in [6.45, 7) is 1.46. The van der Waals surface area contributed by atoms with E-state index in [0.29, 0.717) is 12.3 Å². The van der Waals surface area contributed by atoms with Gasteiger partial charge in [0.1, 0.15) is 5.78 Å². The largest absolute Gasteiger partial charge is 1.00 e. The van der Waals surface area contributed by atoms with Crippen molar-refractivity contribution in [2.45, 2.75) is 18.7 Å². The van der Waals surface area contributed by atoms with Crippen molar-refractivity contribution in [3.8, 4) is 0 Å². The molecule has 1 nitrogen and oxygen atoms in total. The summed E-state index contributed by atoms with van der Waals surface area (Å²) >= 11 is 10.8. The molecule has 0 rings (SSSR count). The molecule has 0 aliphatic carbocycles. The zero-order valence-electron chi connectivity index (χ0n) is 6.66. The van der Waals surface area contributed by atoms with Crippen molar-refractivity contribution in [1.82, 2.24) is 0 Å². The SMILES string of the molecule is CC(=O)C(Cl)CCCl.[H-].[K+]. The second-order valence-electron chi connectivity index (χ2n) is 1.56. The summed E-state index contributed by atoms with van der Waals surface area (Å²) < 4.78 is 0. The third kappa shape index (κ3) is 7.79. The molecule has 0 aliphatic rings. The van der Waals surface area contributed by atoms with Gasteiger partial charge in [-0.15, -0.1) is 23.2 Å². The number of hydrogen-bond acceptors (Lipinski definition) is 1. The molecule has 0 fully saturated rings. The maximum atomic E-state index is 10.3. The first-order valence-corrected chi connectivity index (χ1v) is 3.36. The average molecular weight is 195 g/mol. The molecule has 0 aromatic rings. The zero-order valence-corrected chi connectivity index (χ0v) is 10.3. The Morgan fingerprint density at radius 3 is 2.33 bits per heavy atom. The van der Waals surface area contributed by atoms with Gasteiger partial charge in [0.05, 0.1) is 5.38 Å². The van der Waals surface area contributed by atoms with E-state index in [0.717, 1.165) is 0 Å². The summed E-state index contributed by atoms with van der Waals surface area (Å²) in [5.74, 6) is 0.445. The van der Waals surface area contributed by atoms with Crippen LogP contribution < -0.4 is 51.4 Å². The second kappa shape index (κ2) is 7.99. The Balaban J connectivity index is -0.000000245. The van der Waals surface area contributed by atoms with Gasteiger partial charge in [-0.2, -0.15) is 0 Å². The van der Waals surface area contributed by atoms with Gasteiger partial charge in [0.25, 0.3) is 0 Å². The molecular weight excluding hydrogens is 186 g/mol. The van der Waals surface area contributed by atoms with Crippen molar-refractivity contribution >= 4 is 29.0 Å². The molecule has 0 aromatic heterocycles. The van der Waals surface area contributed by atoms with Gasteiger partial charge in [0, 0.05) is 5.88 Å². The molecule has 1 unspecified atom stereocenters. The van der Waals surface area contributed by atoms with E-state index in [1.165, 1.54) is 6.92 Å². The molecular formula is C5H9Cl2KO. The van der Waals surface area contributed by atoms with Crippen molar-refractivity contribution in [2.24, 2.45) is 0 Å². The quantitative estimate of drug-likeness (QED) is 0.414. The Morgan fingerprint density at radius 2 is 2.22 bits per heavy atom. The second-order valence-corrected chi connectivity index (χ2v) is 2.46. The van der Waals surface area contributed by atoms with Gasteiger partial charge in [-0.25, -0.2) is 0 Å². The summed E-state index contributed by atoms with van der Waals surface area (Å²) in [7, 11) is 0. The van der Waals surface area contributed by atoms with E-state index in [-0.39, 0.29) is 64.0 Å². The van der Waals surface area contributed by atoms with Crippen LogP contribution >= 0.6 is 23.2 Å². The smallest absolute Gasteiger partial charge is 1.00 e. The molecule has 1 atom stereocenters. The van der Waals surface area contributed by atoms with Crippen molar-refractivity contribution in [3.63, 3.8) is 0 Å². The van der Waals surface area contributed by atoms with E-state index in [1.807, 2.05) is 0 Å². The fourth-order valence-electron chi connectivity index (χ4n) is 0.299. The van der Waals surface area contributed by atoms with E-state index < -0.39 is 0 Å². The molecule has 0 aromatic carbocycles. The first-order chi connectivity index (χ1) is 3.68. The van der Waals surface area contributed by atoms with Gasteiger partial charge < -0.3 is 1.43 Å². The van der Waals surface area contributed by atoms with Crippen LogP contribution in [0.25, 0.3) is 0 Å². The molecule has 0 N–H and O–H groups in total. The Hall–Kier alpha value is 1.89. The Kier molecular flexibility index (Phi) is 12.0. The normalized spacial score (nSPS) is 11.9. The van der Waals surface area contributed by atoms with Gasteiger partial charge in [0.2, 0.25) is 0 Å². The number of carbonyl (C=O) groups is 1. The van der Waals surface area contributed by atoms with Crippen LogP contribution in [0.15, 0.2) is 0 Å². The minimum Gasteiger partial charge on any atom is -1.00 e. The molecule has 9 heavy (non-hydrogen) atoms. The van der Waals surface area contributed by atoms with Crippen LogP contribution in [0.1, 0.15) is 14.8 Å². The van der Waals surface area contributed by atoms with Crippen molar-refractivity contribution in [2.75, 3.05) is 5.88 Å². The molecule has 0 spiro atoms. The van der Waals surface area contributed by atoms with Crippen LogP contribution in [-0.4, -0.2) is 17.0 Å². The number of Topliss-reactive ketones (excluding diaryl/α,β-unsaturated/α-hetero) is 1. The van der Waals surface area contributed by atoms with Gasteiger partial charge >= 0.3 is 51.4 Å². The predicted molar refractivity (Wildman–Crippen MR) is 36.8 cm³/mol. The number of rotatable bonds is 3. The summed E-state index contributed by atoms with van der Waals surface area (Å²) in [6, 6.07) is 0. The predicted octanol–water partition coefficient (Wildman–Crippen LogP) is -1.07. The molecule has 0 saturated heterocycles. The van der Waals surface area contributed by atoms with E-state index in [9.17, 15) is 4.79 Å². The molecule has 0 aliphatic heterocycles. The molecule has 4 heteroatoms. The molecule has 0 radical (unpaired) electrons. The maximum Gasteiger partial charge on any atom is 1.00 e. The Labute approximate surface area is 109 Å². The van der Waals surface area contributed by atoms with Crippen LogP contribution in [0.4, 0.5) is 0 Å². The van der Waals surface area contributed by atoms with Crippen LogP contribution in [0.2, 0.25) is 0 Å². The first-order valence-electron chi connectivity index (χ1n) is 2.39. The van der Waals surface area contributed by atoms with Crippen molar-refractivity contribution < 1.29 is 57.6 Å². The summed E-state index contributed by atoms with van der Waals surface area (Å²) in [4.78, 5) is 10.3. The Morgan fingerprint density at radius 1 is 1.78 bits per heavy atom. The number of hydrogen-bond donors (Lipinski definition) is 0. The summed E-state index contributed by atoms with van der Waals surface area (Å²) in [5.41, 5.74) is 0. The van der Waals surface area contributed by atoms with Crippen LogP contribution in [-0.2, 0) is 4.79 Å². The topological polar surface area (TPSA) is 17.1 Å². The minimum absolute atomic E-state index is 0. The van der Waals surface area contributed by atoms with E-state index >= 15 is 0 Å². The van der Waals surface area contributed by atoms with E-state index in [4.69, 9.17) is 23.2 Å². The fourth-order valence-corrected chi connectivity index (χ4v) is 0.738. The van der Waals surface area contributed by atoms with Crippen LogP contribution in [0.5, 0.6) is 0 Å². The van der Waals surface area contributed by atoms with E-state index in [2.05, 4.69) is 0 Å². The third-order valence-electron chi connectivity index (χ3n) is 0.804. The third-order valence-corrected chi connectivity index (χ3v) is 1.55. The van der Waals surface area contributed by atoms with Crippen LogP contribution in [0, 0.1) is 0 Å². The van der Waals surface area contributed by atoms with Gasteiger partial charge in [-0.1, -0.05) is 0 Å². The van der Waals surface area contributed by atoms with Gasteiger partial charge in [-0.05, 0) is 13.3 Å². The van der Waals surface area contributed by atoms with Crippen molar-refractivity contribution in [3.05, 3.63) is 0 Å². The molecule has 0 saturated carbocycles. The number of alkyl halides is 2. The van der Waals surface area contributed by atoms with Gasteiger partial charge in [0.15, 0.2) is 0 Å². The summed E-state index contributed by atoms with van der Waals surface area (Å²) in [6.07, 6.45) is 0.568. The maximum absolute atomic E-state index is 10.3. The molecule has 0 bridgehead atoms. The standard InChI is InChI=1S/C5H8Cl2O.K.H/c1-4(8)5(7)2-3-6;;/h5H,2-3H2,1H3;;/q;+1;-1. The molecule has 0 amide bonds. The monoisotopic (exact) mass is 194 g/mol. The average Bonchev–Trinajstić information content (AvgIpc) is 1.67. The number of halogens is 2. The van der Waals surface area contributed by atoms with Crippen molar-refractivity contribution in [1.29, 1.82) is 0 Å².